The van der Waals surface area contributed by atoms with Crippen LogP contribution in [0.25, 0.3) is 10.9 Å². The van der Waals surface area contributed by atoms with Crippen molar-refractivity contribution in [2.75, 3.05) is 20.7 Å². The molecule has 1 saturated heterocycles. The Labute approximate surface area is 160 Å². The number of likely N-dealkylation sites (tertiary alicyclic amines) is 1. The van der Waals surface area contributed by atoms with Crippen LogP contribution in [0.15, 0.2) is 24.3 Å². The number of nitrogens with zero attached hydrogens (tertiary/aromatic N) is 2. The Balaban J connectivity index is 1.92. The highest BCUT2D eigenvalue weighted by Crippen LogP contribution is 2.43. The molecule has 0 unspecified atom stereocenters. The van der Waals surface area contributed by atoms with E-state index in [0.29, 0.717) is 18.8 Å². The molecule has 1 aliphatic carbocycles. The van der Waals surface area contributed by atoms with Crippen LogP contribution in [0.4, 0.5) is 0 Å². The third kappa shape index (κ3) is 2.71. The molecule has 27 heavy (non-hydrogen) atoms. The molecule has 1 aliphatic heterocycles. The number of Topliss-reactive ketones (excluding diaryl/α,β-unsaturated/α-hetero) is 1. The number of ketones is 1. The zero-order valence-electron chi connectivity index (χ0n) is 16.6. The van der Waals surface area contributed by atoms with Gasteiger partial charge in [0, 0.05) is 37.0 Å². The fourth-order valence-electron chi connectivity index (χ4n) is 5.52. The van der Waals surface area contributed by atoms with E-state index in [0.717, 1.165) is 35.1 Å². The first kappa shape index (κ1) is 18.2. The Morgan fingerprint density at radius 1 is 1.22 bits per heavy atom. The summed E-state index contributed by atoms with van der Waals surface area (Å²) in [5.41, 5.74) is 2.98. The summed E-state index contributed by atoms with van der Waals surface area (Å²) in [5, 5.41) is 1.12. The van der Waals surface area contributed by atoms with Crippen LogP contribution in [-0.4, -0.2) is 48.0 Å². The lowest BCUT2D eigenvalue weighted by Gasteiger charge is -2.47. The fourth-order valence-corrected chi connectivity index (χ4v) is 5.52. The van der Waals surface area contributed by atoms with Gasteiger partial charge in [-0.3, -0.25) is 9.59 Å². The van der Waals surface area contributed by atoms with E-state index in [4.69, 9.17) is 4.74 Å². The van der Waals surface area contributed by atoms with Crippen LogP contribution in [0.2, 0.25) is 0 Å². The van der Waals surface area contributed by atoms with Crippen LogP contribution >= 0.6 is 0 Å². The number of esters is 1. The Hall–Kier alpha value is -2.14. The second-order valence-electron chi connectivity index (χ2n) is 8.12. The molecule has 2 heterocycles. The van der Waals surface area contributed by atoms with E-state index in [1.165, 1.54) is 7.11 Å². The van der Waals surface area contributed by atoms with E-state index in [-0.39, 0.29) is 29.6 Å². The molecule has 0 radical (unpaired) electrons. The van der Waals surface area contributed by atoms with Crippen molar-refractivity contribution in [3.8, 4) is 0 Å². The van der Waals surface area contributed by atoms with Gasteiger partial charge in [-0.15, -0.1) is 0 Å². The maximum absolute atomic E-state index is 13.4. The fraction of sp³-hybridized carbons (Fsp3) is 0.545. The minimum atomic E-state index is -0.255. The van der Waals surface area contributed by atoms with Gasteiger partial charge in [0.1, 0.15) is 0 Å². The first-order chi connectivity index (χ1) is 13.0. The van der Waals surface area contributed by atoms with Crippen molar-refractivity contribution in [3.63, 3.8) is 0 Å². The van der Waals surface area contributed by atoms with E-state index in [1.54, 1.807) is 0 Å². The monoisotopic (exact) mass is 368 g/mol. The number of ether oxygens (including phenoxy) is 1. The van der Waals surface area contributed by atoms with E-state index < -0.39 is 0 Å². The van der Waals surface area contributed by atoms with Gasteiger partial charge in [-0.05, 0) is 36.9 Å². The topological polar surface area (TPSA) is 51.5 Å². The molecule has 5 nitrogen and oxygen atoms in total. The molecule has 4 rings (SSSR count). The van der Waals surface area contributed by atoms with Gasteiger partial charge in [0.15, 0.2) is 5.78 Å². The van der Waals surface area contributed by atoms with Gasteiger partial charge in [-0.1, -0.05) is 31.5 Å². The molecular weight excluding hydrogens is 340 g/mol. The zero-order chi connectivity index (χ0) is 19.3. The number of carbonyl (C=O) groups is 2. The van der Waals surface area contributed by atoms with Crippen molar-refractivity contribution < 1.29 is 14.3 Å². The number of rotatable bonds is 2. The zero-order valence-corrected chi connectivity index (χ0v) is 16.6. The van der Waals surface area contributed by atoms with E-state index in [1.807, 2.05) is 23.7 Å². The molecule has 1 fully saturated rings. The van der Waals surface area contributed by atoms with Gasteiger partial charge in [0.25, 0.3) is 0 Å². The summed E-state index contributed by atoms with van der Waals surface area (Å²) in [6, 6.07) is 8.24. The summed E-state index contributed by atoms with van der Waals surface area (Å²) in [4.78, 5) is 28.4. The highest BCUT2D eigenvalue weighted by Gasteiger charge is 2.48. The number of hydrogen-bond acceptors (Lipinski definition) is 4. The lowest BCUT2D eigenvalue weighted by atomic mass is 9.67. The molecular formula is C22H28N2O3. The Bertz CT molecular complexity index is 900. The quantitative estimate of drug-likeness (QED) is 0.765. The molecule has 2 aromatic rings. The molecule has 0 saturated carbocycles. The minimum Gasteiger partial charge on any atom is -0.469 e. The van der Waals surface area contributed by atoms with E-state index in [2.05, 4.69) is 31.0 Å². The summed E-state index contributed by atoms with van der Waals surface area (Å²) in [6.07, 6.45) is 2.08. The van der Waals surface area contributed by atoms with Crippen molar-refractivity contribution in [3.05, 3.63) is 35.5 Å². The number of likely N-dealkylation sites (N-methyl/N-ethyl adjacent to an activating group) is 1. The Morgan fingerprint density at radius 2 is 1.96 bits per heavy atom. The first-order valence-electron chi connectivity index (χ1n) is 9.85. The molecule has 144 valence electrons. The molecule has 1 aromatic carbocycles. The van der Waals surface area contributed by atoms with Crippen LogP contribution in [0, 0.1) is 17.8 Å². The molecule has 4 atom stereocenters. The maximum Gasteiger partial charge on any atom is 0.310 e. The van der Waals surface area contributed by atoms with Gasteiger partial charge in [-0.2, -0.15) is 0 Å². The third-order valence-electron chi connectivity index (χ3n) is 6.88. The van der Waals surface area contributed by atoms with Crippen molar-refractivity contribution in [2.24, 2.45) is 24.8 Å². The molecule has 0 spiro atoms. The normalized spacial score (nSPS) is 28.5. The number of aromatic nitrogens is 1. The van der Waals surface area contributed by atoms with Gasteiger partial charge in [-0.25, -0.2) is 0 Å². The SMILES string of the molecule is CC[C@H]1CN(C)[C@H]2Cc3c(n(C)c4ccccc34)C(=O)C[C@H]1[C@@H]2C(=O)OC. The van der Waals surface area contributed by atoms with Gasteiger partial charge in [0.05, 0.1) is 18.7 Å². The second-order valence-corrected chi connectivity index (χ2v) is 8.12. The Kier molecular flexibility index (Phi) is 4.58. The largest absolute Gasteiger partial charge is 0.469 e. The number of piperidine rings is 1. The first-order valence-corrected chi connectivity index (χ1v) is 9.85. The smallest absolute Gasteiger partial charge is 0.310 e. The van der Waals surface area contributed by atoms with Crippen LogP contribution in [0.5, 0.6) is 0 Å². The van der Waals surface area contributed by atoms with E-state index in [9.17, 15) is 9.59 Å². The number of fused-ring (bicyclic) bond motifs is 5. The average Bonchev–Trinajstić information content (AvgIpc) is 2.94. The maximum atomic E-state index is 13.4. The number of para-hydroxylation sites is 1. The number of aryl methyl sites for hydroxylation is 1. The summed E-state index contributed by atoms with van der Waals surface area (Å²) in [5.74, 6) is 0.100. The summed E-state index contributed by atoms with van der Waals surface area (Å²) >= 11 is 0. The highest BCUT2D eigenvalue weighted by atomic mass is 16.5. The molecule has 1 aromatic heterocycles. The molecule has 2 bridgehead atoms. The van der Waals surface area contributed by atoms with Crippen LogP contribution in [-0.2, 0) is 23.0 Å². The van der Waals surface area contributed by atoms with Crippen molar-refractivity contribution in [1.82, 2.24) is 9.47 Å². The Morgan fingerprint density at radius 3 is 2.67 bits per heavy atom. The van der Waals surface area contributed by atoms with Crippen molar-refractivity contribution >= 4 is 22.7 Å². The standard InChI is InChI=1S/C22H28N2O3/c1-5-13-12-23(2)18-10-16-14-8-6-7-9-17(14)24(3)21(16)19(25)11-15(13)20(18)22(26)27-4/h6-9,13,15,18,20H,5,10-12H2,1-4H3/t13-,15+,18-,20-/m0/s1. The van der Waals surface area contributed by atoms with Gasteiger partial charge < -0.3 is 14.2 Å². The summed E-state index contributed by atoms with van der Waals surface area (Å²) < 4.78 is 7.24. The second kappa shape index (κ2) is 6.79. The number of methoxy groups -OCH3 is 1. The number of carbonyl (C=O) groups excluding carboxylic acids is 2. The van der Waals surface area contributed by atoms with Gasteiger partial charge in [0.2, 0.25) is 0 Å². The predicted molar refractivity (Wildman–Crippen MR) is 105 cm³/mol. The van der Waals surface area contributed by atoms with Crippen LogP contribution < -0.4 is 0 Å². The number of hydrogen-bond donors (Lipinski definition) is 0. The lowest BCUT2D eigenvalue weighted by molar-refractivity contribution is -0.154. The van der Waals surface area contributed by atoms with Gasteiger partial charge >= 0.3 is 5.97 Å². The highest BCUT2D eigenvalue weighted by molar-refractivity contribution is 6.03. The molecule has 5 heteroatoms. The van der Waals surface area contributed by atoms with Crippen molar-refractivity contribution in [2.45, 2.75) is 32.2 Å². The minimum absolute atomic E-state index is 0.0438. The number of benzene rings is 1. The average molecular weight is 368 g/mol. The van der Waals surface area contributed by atoms with Crippen molar-refractivity contribution in [1.29, 1.82) is 0 Å². The third-order valence-corrected chi connectivity index (χ3v) is 6.88. The predicted octanol–water partition coefficient (Wildman–Crippen LogP) is 3.05. The van der Waals surface area contributed by atoms with Crippen LogP contribution in [0.3, 0.4) is 0 Å². The van der Waals surface area contributed by atoms with Crippen LogP contribution in [0.1, 0.15) is 35.8 Å². The molecule has 0 amide bonds. The lowest BCUT2D eigenvalue weighted by Crippen LogP contribution is -2.56. The summed E-state index contributed by atoms with van der Waals surface area (Å²) in [6.45, 7) is 3.07. The van der Waals surface area contributed by atoms with E-state index >= 15 is 0 Å². The molecule has 2 aliphatic rings. The molecule has 0 N–H and O–H groups in total. The summed E-state index contributed by atoms with van der Waals surface area (Å²) in [7, 11) is 5.55.